The van der Waals surface area contributed by atoms with Gasteiger partial charge in [-0.1, -0.05) is 31.4 Å². The van der Waals surface area contributed by atoms with Crippen LogP contribution in [0.2, 0.25) is 0 Å². The molecule has 0 nitrogen and oxygen atoms in total. The van der Waals surface area contributed by atoms with Crippen molar-refractivity contribution in [1.82, 2.24) is 0 Å². The van der Waals surface area contributed by atoms with Crippen molar-refractivity contribution in [3.63, 3.8) is 0 Å². The number of hydrogen-bond donors (Lipinski definition) is 0. The SMILES string of the molecule is C#CC(C)C1=CCC2CC1C2(C)C. The standard InChI is InChI=1S/C13H18/c1-5-9(2)11-7-6-10-8-12(11)13(10,3)4/h1,7,9-10,12H,6,8H2,2-4H3. The summed E-state index contributed by atoms with van der Waals surface area (Å²) >= 11 is 0. The zero-order valence-electron chi connectivity index (χ0n) is 8.80. The van der Waals surface area contributed by atoms with Gasteiger partial charge in [-0.15, -0.1) is 6.42 Å². The van der Waals surface area contributed by atoms with Crippen LogP contribution in [0.15, 0.2) is 11.6 Å². The average molecular weight is 174 g/mol. The topological polar surface area (TPSA) is 0 Å². The second-order valence-corrected chi connectivity index (χ2v) is 5.13. The van der Waals surface area contributed by atoms with E-state index in [0.29, 0.717) is 11.3 Å². The molecule has 0 N–H and O–H groups in total. The molecule has 3 rings (SSSR count). The van der Waals surface area contributed by atoms with E-state index in [1.54, 1.807) is 0 Å². The van der Waals surface area contributed by atoms with E-state index in [0.717, 1.165) is 11.8 Å². The van der Waals surface area contributed by atoms with E-state index in [-0.39, 0.29) is 0 Å². The number of fused-ring (bicyclic) bond motifs is 1. The van der Waals surface area contributed by atoms with Crippen molar-refractivity contribution in [1.29, 1.82) is 0 Å². The molecule has 3 aliphatic rings. The van der Waals surface area contributed by atoms with Gasteiger partial charge >= 0.3 is 0 Å². The van der Waals surface area contributed by atoms with Crippen LogP contribution >= 0.6 is 0 Å². The predicted molar refractivity (Wildman–Crippen MR) is 56.1 cm³/mol. The Labute approximate surface area is 81.4 Å². The molecule has 0 aromatic heterocycles. The fourth-order valence-corrected chi connectivity index (χ4v) is 2.98. The van der Waals surface area contributed by atoms with Gasteiger partial charge in [0, 0.05) is 5.92 Å². The van der Waals surface area contributed by atoms with Gasteiger partial charge in [0.1, 0.15) is 0 Å². The molecule has 70 valence electrons. The van der Waals surface area contributed by atoms with Crippen molar-refractivity contribution in [3.8, 4) is 12.3 Å². The molecule has 0 saturated heterocycles. The van der Waals surface area contributed by atoms with Gasteiger partial charge in [-0.25, -0.2) is 0 Å². The highest BCUT2D eigenvalue weighted by atomic mass is 14.6. The molecular formula is C13H18. The maximum Gasteiger partial charge on any atom is 0.0383 e. The fraction of sp³-hybridized carbons (Fsp3) is 0.692. The second-order valence-electron chi connectivity index (χ2n) is 5.13. The minimum Gasteiger partial charge on any atom is -0.119 e. The first kappa shape index (κ1) is 8.88. The Morgan fingerprint density at radius 3 is 2.77 bits per heavy atom. The van der Waals surface area contributed by atoms with Gasteiger partial charge in [-0.2, -0.15) is 0 Å². The summed E-state index contributed by atoms with van der Waals surface area (Å²) in [6.45, 7) is 6.94. The summed E-state index contributed by atoms with van der Waals surface area (Å²) in [5.41, 5.74) is 2.06. The van der Waals surface area contributed by atoms with E-state index in [4.69, 9.17) is 6.42 Å². The molecule has 0 amide bonds. The highest BCUT2D eigenvalue weighted by Crippen LogP contribution is 2.60. The van der Waals surface area contributed by atoms with Crippen LogP contribution in [0.25, 0.3) is 0 Å². The highest BCUT2D eigenvalue weighted by molar-refractivity contribution is 5.28. The molecule has 0 radical (unpaired) electrons. The van der Waals surface area contributed by atoms with Gasteiger partial charge in [-0.05, 0) is 37.0 Å². The van der Waals surface area contributed by atoms with Crippen LogP contribution in [0.4, 0.5) is 0 Å². The molecule has 0 spiro atoms. The van der Waals surface area contributed by atoms with E-state index < -0.39 is 0 Å². The number of hydrogen-bond acceptors (Lipinski definition) is 0. The van der Waals surface area contributed by atoms with Gasteiger partial charge in [0.15, 0.2) is 0 Å². The summed E-state index contributed by atoms with van der Waals surface area (Å²) in [5.74, 6) is 4.91. The Morgan fingerprint density at radius 2 is 2.31 bits per heavy atom. The summed E-state index contributed by atoms with van der Waals surface area (Å²) in [7, 11) is 0. The first-order chi connectivity index (χ1) is 6.07. The van der Waals surface area contributed by atoms with Crippen LogP contribution in [0, 0.1) is 35.5 Å². The molecular weight excluding hydrogens is 156 g/mol. The Hall–Kier alpha value is -0.700. The zero-order valence-corrected chi connectivity index (χ0v) is 8.80. The molecule has 3 unspecified atom stereocenters. The van der Waals surface area contributed by atoms with Crippen molar-refractivity contribution < 1.29 is 0 Å². The van der Waals surface area contributed by atoms with Crippen LogP contribution in [-0.2, 0) is 0 Å². The smallest absolute Gasteiger partial charge is 0.0383 e. The van der Waals surface area contributed by atoms with Gasteiger partial charge in [0.25, 0.3) is 0 Å². The third-order valence-electron chi connectivity index (χ3n) is 4.26. The van der Waals surface area contributed by atoms with Gasteiger partial charge in [0.05, 0.1) is 0 Å². The van der Waals surface area contributed by atoms with E-state index in [2.05, 4.69) is 32.8 Å². The first-order valence-corrected chi connectivity index (χ1v) is 5.23. The zero-order chi connectivity index (χ0) is 9.64. The third kappa shape index (κ3) is 1.06. The van der Waals surface area contributed by atoms with Crippen LogP contribution in [0.1, 0.15) is 33.6 Å². The van der Waals surface area contributed by atoms with Crippen LogP contribution in [-0.4, -0.2) is 0 Å². The van der Waals surface area contributed by atoms with E-state index in [9.17, 15) is 0 Å². The predicted octanol–water partition coefficient (Wildman–Crippen LogP) is 3.25. The quantitative estimate of drug-likeness (QED) is 0.423. The Balaban J connectivity index is 2.24. The van der Waals surface area contributed by atoms with Crippen LogP contribution < -0.4 is 0 Å². The van der Waals surface area contributed by atoms with E-state index >= 15 is 0 Å². The molecule has 3 atom stereocenters. The molecule has 0 aromatic rings. The Kier molecular flexibility index (Phi) is 1.80. The molecule has 1 fully saturated rings. The lowest BCUT2D eigenvalue weighted by Crippen LogP contribution is -2.48. The monoisotopic (exact) mass is 174 g/mol. The molecule has 0 aliphatic heterocycles. The highest BCUT2D eigenvalue weighted by Gasteiger charge is 2.51. The number of terminal acetylenes is 1. The normalized spacial score (nSPS) is 36.9. The third-order valence-corrected chi connectivity index (χ3v) is 4.26. The molecule has 0 aromatic carbocycles. The summed E-state index contributed by atoms with van der Waals surface area (Å²) < 4.78 is 0. The molecule has 3 aliphatic carbocycles. The van der Waals surface area contributed by atoms with E-state index in [1.807, 2.05) is 0 Å². The Morgan fingerprint density at radius 1 is 1.62 bits per heavy atom. The van der Waals surface area contributed by atoms with Gasteiger partial charge < -0.3 is 0 Å². The summed E-state index contributed by atoms with van der Waals surface area (Å²) in [5, 5.41) is 0. The lowest BCUT2D eigenvalue weighted by Gasteiger charge is -2.57. The summed E-state index contributed by atoms with van der Waals surface area (Å²) in [6, 6.07) is 0. The van der Waals surface area contributed by atoms with Crippen molar-refractivity contribution in [2.45, 2.75) is 33.6 Å². The lowest BCUT2D eigenvalue weighted by atomic mass is 9.48. The second kappa shape index (κ2) is 2.64. The maximum atomic E-state index is 5.48. The van der Waals surface area contributed by atoms with Crippen molar-refractivity contribution in [2.75, 3.05) is 0 Å². The van der Waals surface area contributed by atoms with Crippen LogP contribution in [0.5, 0.6) is 0 Å². The Bertz CT molecular complexity index is 288. The van der Waals surface area contributed by atoms with Crippen molar-refractivity contribution in [3.05, 3.63) is 11.6 Å². The van der Waals surface area contributed by atoms with Crippen LogP contribution in [0.3, 0.4) is 0 Å². The maximum absolute atomic E-state index is 5.48. The first-order valence-electron chi connectivity index (χ1n) is 5.23. The molecule has 0 heterocycles. The number of allylic oxidation sites excluding steroid dienone is 2. The van der Waals surface area contributed by atoms with Crippen molar-refractivity contribution >= 4 is 0 Å². The summed E-state index contributed by atoms with van der Waals surface area (Å²) in [6.07, 6.45) is 10.5. The molecule has 2 bridgehead atoms. The minimum atomic E-state index is 0.352. The average Bonchev–Trinajstić information content (AvgIpc) is 2.16. The van der Waals surface area contributed by atoms with E-state index in [1.165, 1.54) is 18.4 Å². The molecule has 0 heteroatoms. The van der Waals surface area contributed by atoms with Crippen molar-refractivity contribution in [2.24, 2.45) is 23.2 Å². The van der Waals surface area contributed by atoms with Gasteiger partial charge in [-0.3, -0.25) is 0 Å². The number of rotatable bonds is 1. The largest absolute Gasteiger partial charge is 0.119 e. The molecule has 13 heavy (non-hydrogen) atoms. The molecule has 1 saturated carbocycles. The lowest BCUT2D eigenvalue weighted by molar-refractivity contribution is -0.0102. The summed E-state index contributed by atoms with van der Waals surface area (Å²) in [4.78, 5) is 0. The minimum absolute atomic E-state index is 0.352. The van der Waals surface area contributed by atoms with Gasteiger partial charge in [0.2, 0.25) is 0 Å². The fourth-order valence-electron chi connectivity index (χ4n) is 2.98.